The van der Waals surface area contributed by atoms with Gasteiger partial charge in [-0.25, -0.2) is 0 Å². The third-order valence-electron chi connectivity index (χ3n) is 5.98. The fourth-order valence-corrected chi connectivity index (χ4v) is 4.18. The molecule has 4 rings (SSSR count). The van der Waals surface area contributed by atoms with E-state index >= 15 is 0 Å². The Morgan fingerprint density at radius 1 is 1.09 bits per heavy atom. The summed E-state index contributed by atoms with van der Waals surface area (Å²) in [7, 11) is 0. The summed E-state index contributed by atoms with van der Waals surface area (Å²) >= 11 is 0. The monoisotopic (exact) mass is 452 g/mol. The van der Waals surface area contributed by atoms with Crippen LogP contribution in [0.1, 0.15) is 28.4 Å². The molecule has 2 heterocycles. The van der Waals surface area contributed by atoms with Crippen LogP contribution in [0.4, 0.5) is 5.69 Å². The van der Waals surface area contributed by atoms with E-state index in [9.17, 15) is 14.4 Å². The Hall–Kier alpha value is -3.39. The van der Waals surface area contributed by atoms with Gasteiger partial charge in [-0.15, -0.1) is 0 Å². The second kappa shape index (κ2) is 9.62. The molecule has 1 atom stereocenters. The maximum Gasteiger partial charge on any atom is 0.265 e. The third-order valence-corrected chi connectivity index (χ3v) is 5.98. The highest BCUT2D eigenvalue weighted by Crippen LogP contribution is 2.35. The van der Waals surface area contributed by atoms with Crippen molar-refractivity contribution in [3.8, 4) is 11.5 Å². The second-order valence-corrected chi connectivity index (χ2v) is 8.28. The number of fused-ring (bicyclic) bond motifs is 1. The molecule has 2 aliphatic rings. The Balaban J connectivity index is 1.55. The van der Waals surface area contributed by atoms with Gasteiger partial charge in [0.1, 0.15) is 17.5 Å². The standard InChI is InChI=1S/C25H28N2O6/c1-16-5-4-6-17(2)24(16)33-14-21(28)19-7-8-22-20(13-19)27(23(29)15-32-22)18(3)25(30)26-9-11-31-12-10-26/h4-8,13,18H,9-12,14-15H2,1-3H3/t18-/m0/s1. The van der Waals surface area contributed by atoms with Crippen molar-refractivity contribution in [1.82, 2.24) is 4.90 Å². The van der Waals surface area contributed by atoms with E-state index in [1.165, 1.54) is 4.90 Å². The van der Waals surface area contributed by atoms with Gasteiger partial charge < -0.3 is 19.1 Å². The molecule has 8 heteroatoms. The summed E-state index contributed by atoms with van der Waals surface area (Å²) in [5.41, 5.74) is 2.70. The second-order valence-electron chi connectivity index (χ2n) is 8.28. The van der Waals surface area contributed by atoms with Crippen LogP contribution in [0.2, 0.25) is 0 Å². The zero-order valence-electron chi connectivity index (χ0n) is 19.1. The first-order valence-corrected chi connectivity index (χ1v) is 11.0. The summed E-state index contributed by atoms with van der Waals surface area (Å²) < 4.78 is 16.7. The molecule has 2 aromatic rings. The molecule has 2 aromatic carbocycles. The van der Waals surface area contributed by atoms with Gasteiger partial charge in [-0.2, -0.15) is 0 Å². The number of carbonyl (C=O) groups excluding carboxylic acids is 3. The minimum Gasteiger partial charge on any atom is -0.485 e. The fraction of sp³-hybridized carbons (Fsp3) is 0.400. The molecular weight excluding hydrogens is 424 g/mol. The van der Waals surface area contributed by atoms with Crippen LogP contribution in [0.5, 0.6) is 11.5 Å². The number of benzene rings is 2. The van der Waals surface area contributed by atoms with E-state index < -0.39 is 6.04 Å². The Morgan fingerprint density at radius 2 is 1.79 bits per heavy atom. The maximum absolute atomic E-state index is 13.0. The number of aryl methyl sites for hydroxylation is 2. The highest BCUT2D eigenvalue weighted by molar-refractivity contribution is 6.05. The van der Waals surface area contributed by atoms with Gasteiger partial charge in [0.2, 0.25) is 5.91 Å². The number of morpholine rings is 1. The summed E-state index contributed by atoms with van der Waals surface area (Å²) in [6.07, 6.45) is 0. The summed E-state index contributed by atoms with van der Waals surface area (Å²) in [5, 5.41) is 0. The van der Waals surface area contributed by atoms with Crippen molar-refractivity contribution in [2.45, 2.75) is 26.8 Å². The van der Waals surface area contributed by atoms with Gasteiger partial charge >= 0.3 is 0 Å². The smallest absolute Gasteiger partial charge is 0.265 e. The Morgan fingerprint density at radius 3 is 2.48 bits per heavy atom. The van der Waals surface area contributed by atoms with Crippen LogP contribution >= 0.6 is 0 Å². The van der Waals surface area contributed by atoms with Gasteiger partial charge in [-0.1, -0.05) is 18.2 Å². The van der Waals surface area contributed by atoms with Gasteiger partial charge in [-0.3, -0.25) is 19.3 Å². The number of hydrogen-bond donors (Lipinski definition) is 0. The van der Waals surface area contributed by atoms with Crippen molar-refractivity contribution >= 4 is 23.3 Å². The number of nitrogens with zero attached hydrogens (tertiary/aromatic N) is 2. The number of hydrogen-bond acceptors (Lipinski definition) is 6. The zero-order chi connectivity index (χ0) is 23.5. The number of amides is 2. The van der Waals surface area contributed by atoms with E-state index in [1.54, 1.807) is 30.0 Å². The molecule has 0 unspecified atom stereocenters. The number of para-hydroxylation sites is 1. The first-order valence-electron chi connectivity index (χ1n) is 11.0. The molecular formula is C25H28N2O6. The molecule has 33 heavy (non-hydrogen) atoms. The van der Waals surface area contributed by atoms with Gasteiger partial charge in [-0.05, 0) is 50.1 Å². The SMILES string of the molecule is Cc1cccc(C)c1OCC(=O)c1ccc2c(c1)N([C@@H](C)C(=O)N1CCOCC1)C(=O)CO2. The quantitative estimate of drug-likeness (QED) is 0.627. The first-order chi connectivity index (χ1) is 15.9. The molecule has 2 aliphatic heterocycles. The number of rotatable bonds is 6. The number of ether oxygens (including phenoxy) is 3. The van der Waals surface area contributed by atoms with Gasteiger partial charge in [0.25, 0.3) is 5.91 Å². The first kappa shape index (κ1) is 22.8. The lowest BCUT2D eigenvalue weighted by Gasteiger charge is -2.37. The molecule has 0 saturated carbocycles. The molecule has 0 radical (unpaired) electrons. The van der Waals surface area contributed by atoms with E-state index in [2.05, 4.69) is 0 Å². The van der Waals surface area contributed by atoms with Gasteiger partial charge in [0.05, 0.1) is 18.9 Å². The van der Waals surface area contributed by atoms with Crippen LogP contribution in [0, 0.1) is 13.8 Å². The lowest BCUT2D eigenvalue weighted by molar-refractivity contribution is -0.138. The van der Waals surface area contributed by atoms with Crippen LogP contribution in [-0.2, 0) is 14.3 Å². The van der Waals surface area contributed by atoms with Crippen molar-refractivity contribution in [2.24, 2.45) is 0 Å². The van der Waals surface area contributed by atoms with Crippen LogP contribution in [-0.4, -0.2) is 68.1 Å². The molecule has 0 aromatic heterocycles. The third kappa shape index (κ3) is 4.71. The zero-order valence-corrected chi connectivity index (χ0v) is 19.1. The van der Waals surface area contributed by atoms with E-state index in [0.29, 0.717) is 49.1 Å². The number of ketones is 1. The predicted octanol–water partition coefficient (Wildman–Crippen LogP) is 2.54. The van der Waals surface area contributed by atoms with Crippen LogP contribution in [0.3, 0.4) is 0 Å². The highest BCUT2D eigenvalue weighted by atomic mass is 16.5. The van der Waals surface area contributed by atoms with Crippen molar-refractivity contribution in [3.63, 3.8) is 0 Å². The van der Waals surface area contributed by atoms with E-state index in [1.807, 2.05) is 32.0 Å². The molecule has 0 spiro atoms. The summed E-state index contributed by atoms with van der Waals surface area (Å²) in [6.45, 7) is 7.20. The van der Waals surface area contributed by atoms with E-state index in [-0.39, 0.29) is 30.8 Å². The van der Waals surface area contributed by atoms with Crippen molar-refractivity contribution < 1.29 is 28.6 Å². The van der Waals surface area contributed by atoms with Crippen LogP contribution in [0.25, 0.3) is 0 Å². The largest absolute Gasteiger partial charge is 0.485 e. The van der Waals surface area contributed by atoms with Crippen LogP contribution in [0.15, 0.2) is 36.4 Å². The van der Waals surface area contributed by atoms with Crippen LogP contribution < -0.4 is 14.4 Å². The molecule has 1 fully saturated rings. The molecule has 8 nitrogen and oxygen atoms in total. The topological polar surface area (TPSA) is 85.4 Å². The number of anilines is 1. The normalized spacial score (nSPS) is 16.6. The summed E-state index contributed by atoms with van der Waals surface area (Å²) in [5.74, 6) is 0.435. The predicted molar refractivity (Wildman–Crippen MR) is 122 cm³/mol. The Labute approximate surface area is 193 Å². The average molecular weight is 453 g/mol. The van der Waals surface area contributed by atoms with Gasteiger partial charge in [0.15, 0.2) is 19.0 Å². The van der Waals surface area contributed by atoms with Crippen molar-refractivity contribution in [3.05, 3.63) is 53.1 Å². The molecule has 1 saturated heterocycles. The maximum atomic E-state index is 13.0. The lowest BCUT2D eigenvalue weighted by atomic mass is 10.1. The minimum atomic E-state index is -0.727. The molecule has 174 valence electrons. The number of carbonyl (C=O) groups is 3. The summed E-state index contributed by atoms with van der Waals surface area (Å²) in [6, 6.07) is 9.98. The summed E-state index contributed by atoms with van der Waals surface area (Å²) in [4.78, 5) is 41.8. The Bertz CT molecular complexity index is 1060. The minimum absolute atomic E-state index is 0.137. The van der Waals surface area contributed by atoms with E-state index in [0.717, 1.165) is 11.1 Å². The Kier molecular flexibility index (Phi) is 6.65. The highest BCUT2D eigenvalue weighted by Gasteiger charge is 2.36. The molecule has 0 N–H and O–H groups in total. The average Bonchev–Trinajstić information content (AvgIpc) is 2.83. The fourth-order valence-electron chi connectivity index (χ4n) is 4.18. The molecule has 2 amide bonds. The van der Waals surface area contributed by atoms with Crippen molar-refractivity contribution in [2.75, 3.05) is 44.4 Å². The van der Waals surface area contributed by atoms with E-state index in [4.69, 9.17) is 14.2 Å². The molecule has 0 bridgehead atoms. The van der Waals surface area contributed by atoms with Crippen molar-refractivity contribution in [1.29, 1.82) is 0 Å². The lowest BCUT2D eigenvalue weighted by Crippen LogP contribution is -2.54. The number of Topliss-reactive ketones (excluding diaryl/α,β-unsaturated/α-hetero) is 1. The van der Waals surface area contributed by atoms with Gasteiger partial charge in [0, 0.05) is 18.7 Å². The molecule has 0 aliphatic carbocycles.